The molecule has 0 bridgehead atoms. The van der Waals surface area contributed by atoms with Crippen LogP contribution in [0.15, 0.2) is 54.7 Å². The van der Waals surface area contributed by atoms with Crippen molar-refractivity contribution in [1.82, 2.24) is 9.97 Å². The molecular formula is C21H20F4N4O. The van der Waals surface area contributed by atoms with Gasteiger partial charge in [0.15, 0.2) is 5.82 Å². The van der Waals surface area contributed by atoms with Crippen molar-refractivity contribution < 1.29 is 22.3 Å². The average Bonchev–Trinajstić information content (AvgIpc) is 2.68. The Balaban J connectivity index is 1.94. The maximum absolute atomic E-state index is 13.5. The predicted molar refractivity (Wildman–Crippen MR) is 107 cm³/mol. The molecule has 0 fully saturated rings. The van der Waals surface area contributed by atoms with Crippen molar-refractivity contribution in [2.75, 3.05) is 17.3 Å². The minimum atomic E-state index is -4.64. The van der Waals surface area contributed by atoms with E-state index in [-0.39, 0.29) is 17.9 Å². The number of alkyl halides is 3. The molecule has 5 nitrogen and oxygen atoms in total. The van der Waals surface area contributed by atoms with Gasteiger partial charge in [-0.1, -0.05) is 0 Å². The third-order valence-electron chi connectivity index (χ3n) is 4.09. The fourth-order valence-electron chi connectivity index (χ4n) is 2.69. The molecule has 3 rings (SSSR count). The Morgan fingerprint density at radius 2 is 1.63 bits per heavy atom. The maximum Gasteiger partial charge on any atom is 0.421 e. The van der Waals surface area contributed by atoms with E-state index in [2.05, 4.69) is 15.3 Å². The molecule has 0 aliphatic heterocycles. The van der Waals surface area contributed by atoms with Crippen molar-refractivity contribution in [2.24, 2.45) is 0 Å². The molecular weight excluding hydrogens is 400 g/mol. The first kappa shape index (κ1) is 21.4. The van der Waals surface area contributed by atoms with Crippen molar-refractivity contribution in [3.05, 3.63) is 66.1 Å². The van der Waals surface area contributed by atoms with Crippen LogP contribution in [0.4, 0.5) is 40.7 Å². The van der Waals surface area contributed by atoms with Gasteiger partial charge in [0.05, 0.1) is 6.10 Å². The predicted octanol–water partition coefficient (Wildman–Crippen LogP) is 5.93. The summed E-state index contributed by atoms with van der Waals surface area (Å²) in [6.07, 6.45) is -3.94. The van der Waals surface area contributed by atoms with E-state index < -0.39 is 17.6 Å². The lowest BCUT2D eigenvalue weighted by molar-refractivity contribution is -0.137. The summed E-state index contributed by atoms with van der Waals surface area (Å²) < 4.78 is 59.3. The fourth-order valence-corrected chi connectivity index (χ4v) is 2.69. The molecule has 1 aromatic heterocycles. The summed E-state index contributed by atoms with van der Waals surface area (Å²) in [6, 6.07) is 12.0. The molecule has 0 unspecified atom stereocenters. The molecule has 1 N–H and O–H groups in total. The van der Waals surface area contributed by atoms with Gasteiger partial charge in [-0.05, 0) is 62.4 Å². The molecule has 1 heterocycles. The van der Waals surface area contributed by atoms with Crippen LogP contribution in [0.3, 0.4) is 0 Å². The Labute approximate surface area is 171 Å². The lowest BCUT2D eigenvalue weighted by Crippen LogP contribution is -2.19. The van der Waals surface area contributed by atoms with Crippen LogP contribution in [0.25, 0.3) is 0 Å². The second-order valence-corrected chi connectivity index (χ2v) is 6.78. The molecule has 2 aromatic carbocycles. The van der Waals surface area contributed by atoms with Crippen LogP contribution >= 0.6 is 0 Å². The molecule has 30 heavy (non-hydrogen) atoms. The molecule has 0 saturated carbocycles. The maximum atomic E-state index is 13.5. The van der Waals surface area contributed by atoms with E-state index in [1.807, 2.05) is 13.8 Å². The number of benzene rings is 2. The number of nitrogens with zero attached hydrogens (tertiary/aromatic N) is 3. The molecule has 0 amide bonds. The highest BCUT2D eigenvalue weighted by atomic mass is 19.4. The molecule has 0 atom stereocenters. The molecule has 0 aliphatic carbocycles. The Morgan fingerprint density at radius 1 is 1.00 bits per heavy atom. The van der Waals surface area contributed by atoms with Gasteiger partial charge in [-0.25, -0.2) is 9.37 Å². The molecule has 158 valence electrons. The lowest BCUT2D eigenvalue weighted by atomic mass is 10.2. The van der Waals surface area contributed by atoms with Gasteiger partial charge >= 0.3 is 6.18 Å². The second kappa shape index (κ2) is 8.56. The smallest absolute Gasteiger partial charge is 0.421 e. The van der Waals surface area contributed by atoms with Crippen LogP contribution in [0.1, 0.15) is 19.4 Å². The highest BCUT2D eigenvalue weighted by molar-refractivity contribution is 5.65. The topological polar surface area (TPSA) is 50.3 Å². The summed E-state index contributed by atoms with van der Waals surface area (Å²) in [4.78, 5) is 9.15. The van der Waals surface area contributed by atoms with Gasteiger partial charge < -0.3 is 15.0 Å². The number of ether oxygens (including phenoxy) is 1. The lowest BCUT2D eigenvalue weighted by Gasteiger charge is -2.23. The van der Waals surface area contributed by atoms with Crippen molar-refractivity contribution in [1.29, 1.82) is 0 Å². The summed E-state index contributed by atoms with van der Waals surface area (Å²) >= 11 is 0. The van der Waals surface area contributed by atoms with Crippen molar-refractivity contribution >= 4 is 23.1 Å². The highest BCUT2D eigenvalue weighted by Gasteiger charge is 2.36. The third kappa shape index (κ3) is 5.16. The largest absolute Gasteiger partial charge is 0.491 e. The normalized spacial score (nSPS) is 11.5. The average molecular weight is 420 g/mol. The molecule has 0 radical (unpaired) electrons. The number of hydrogen-bond donors (Lipinski definition) is 1. The quantitative estimate of drug-likeness (QED) is 0.501. The fraction of sp³-hybridized carbons (Fsp3) is 0.238. The van der Waals surface area contributed by atoms with E-state index in [9.17, 15) is 17.6 Å². The van der Waals surface area contributed by atoms with Crippen LogP contribution in [-0.2, 0) is 6.18 Å². The summed E-state index contributed by atoms with van der Waals surface area (Å²) in [6.45, 7) is 3.76. The van der Waals surface area contributed by atoms with Crippen molar-refractivity contribution in [3.63, 3.8) is 0 Å². The number of nitrogens with one attached hydrogen (secondary N) is 1. The van der Waals surface area contributed by atoms with Gasteiger partial charge in [0, 0.05) is 24.6 Å². The number of hydrogen-bond acceptors (Lipinski definition) is 5. The third-order valence-corrected chi connectivity index (χ3v) is 4.09. The van der Waals surface area contributed by atoms with Gasteiger partial charge in [0.1, 0.15) is 17.1 Å². The minimum absolute atomic E-state index is 0.0210. The Kier molecular flexibility index (Phi) is 6.09. The molecule has 9 heteroatoms. The van der Waals surface area contributed by atoms with E-state index in [0.717, 1.165) is 6.20 Å². The van der Waals surface area contributed by atoms with E-state index in [1.54, 1.807) is 24.3 Å². The number of rotatable bonds is 6. The highest BCUT2D eigenvalue weighted by Crippen LogP contribution is 2.38. The summed E-state index contributed by atoms with van der Waals surface area (Å²) in [5.41, 5.74) is -0.0415. The first-order chi connectivity index (χ1) is 14.1. The summed E-state index contributed by atoms with van der Waals surface area (Å²) in [7, 11) is 1.48. The van der Waals surface area contributed by atoms with Crippen molar-refractivity contribution in [3.8, 4) is 5.75 Å². The first-order valence-electron chi connectivity index (χ1n) is 9.11. The summed E-state index contributed by atoms with van der Waals surface area (Å²) in [5, 5.41) is 2.78. The Morgan fingerprint density at radius 3 is 2.20 bits per heavy atom. The van der Waals surface area contributed by atoms with E-state index >= 15 is 0 Å². The zero-order valence-electron chi connectivity index (χ0n) is 16.5. The number of halogens is 4. The van der Waals surface area contributed by atoms with Crippen molar-refractivity contribution in [2.45, 2.75) is 26.1 Å². The Bertz CT molecular complexity index is 989. The van der Waals surface area contributed by atoms with Crippen LogP contribution in [0.5, 0.6) is 5.75 Å². The number of aromatic nitrogens is 2. The molecule has 3 aromatic rings. The first-order valence-corrected chi connectivity index (χ1v) is 9.11. The van der Waals surface area contributed by atoms with E-state index in [0.29, 0.717) is 17.1 Å². The second-order valence-electron chi connectivity index (χ2n) is 6.78. The van der Waals surface area contributed by atoms with Crippen LogP contribution in [0, 0.1) is 5.82 Å². The van der Waals surface area contributed by atoms with E-state index in [1.165, 1.54) is 36.2 Å². The van der Waals surface area contributed by atoms with Gasteiger partial charge in [-0.3, -0.25) is 0 Å². The summed E-state index contributed by atoms with van der Waals surface area (Å²) in [5.74, 6) is -0.186. The SMILES string of the molecule is CC(C)Oc1ccc(N(C)c2nc(Nc3ccc(F)cc3)ncc2C(F)(F)F)cc1. The minimum Gasteiger partial charge on any atom is -0.491 e. The standard InChI is InChI=1S/C21H20F4N4O/c1-13(2)30-17-10-8-16(9-11-17)29(3)19-18(21(23,24)25)12-26-20(28-19)27-15-6-4-14(22)5-7-15/h4-13H,1-3H3,(H,26,27,28). The van der Waals surface area contributed by atoms with Crippen LogP contribution < -0.4 is 15.0 Å². The Hall–Kier alpha value is -3.36. The van der Waals surface area contributed by atoms with Gasteiger partial charge in [-0.2, -0.15) is 18.2 Å². The zero-order valence-corrected chi connectivity index (χ0v) is 16.5. The van der Waals surface area contributed by atoms with E-state index in [4.69, 9.17) is 4.74 Å². The molecule has 0 aliphatic rings. The molecule has 0 saturated heterocycles. The van der Waals surface area contributed by atoms with Gasteiger partial charge in [0.2, 0.25) is 5.95 Å². The van der Waals surface area contributed by atoms with Crippen LogP contribution in [-0.4, -0.2) is 23.1 Å². The van der Waals surface area contributed by atoms with Gasteiger partial charge in [0.25, 0.3) is 0 Å². The monoisotopic (exact) mass is 420 g/mol. The number of anilines is 4. The van der Waals surface area contributed by atoms with Gasteiger partial charge in [-0.15, -0.1) is 0 Å². The molecule has 0 spiro atoms. The van der Waals surface area contributed by atoms with Crippen LogP contribution in [0.2, 0.25) is 0 Å². The zero-order chi connectivity index (χ0) is 21.9.